The van der Waals surface area contributed by atoms with Crippen LogP contribution < -0.4 is 5.56 Å². The van der Waals surface area contributed by atoms with E-state index in [1.165, 1.54) is 6.07 Å². The van der Waals surface area contributed by atoms with E-state index in [1.807, 2.05) is 12.1 Å². The molecule has 0 radical (unpaired) electrons. The van der Waals surface area contributed by atoms with Gasteiger partial charge in [-0.05, 0) is 36.1 Å². The maximum atomic E-state index is 14.3. The van der Waals surface area contributed by atoms with Gasteiger partial charge in [0.25, 0.3) is 5.56 Å². The van der Waals surface area contributed by atoms with Crippen LogP contribution in [-0.2, 0) is 7.05 Å². The lowest BCUT2D eigenvalue weighted by molar-refractivity contribution is 0.565. The van der Waals surface area contributed by atoms with Gasteiger partial charge in [-0.1, -0.05) is 24.3 Å². The van der Waals surface area contributed by atoms with Gasteiger partial charge in [0.1, 0.15) is 17.3 Å². The number of aryl methyl sites for hydroxylation is 2. The molecule has 0 fully saturated rings. The van der Waals surface area contributed by atoms with Gasteiger partial charge in [-0.15, -0.1) is 0 Å². The molecule has 26 heavy (non-hydrogen) atoms. The second-order valence-electron chi connectivity index (χ2n) is 6.17. The number of halogens is 2. The number of rotatable bonds is 2. The van der Waals surface area contributed by atoms with E-state index in [4.69, 9.17) is 0 Å². The number of pyridine rings is 1. The molecule has 0 N–H and O–H groups in total. The van der Waals surface area contributed by atoms with Crippen molar-refractivity contribution in [2.75, 3.05) is 0 Å². The van der Waals surface area contributed by atoms with Crippen LogP contribution in [0.2, 0.25) is 0 Å². The molecule has 0 unspecified atom stereocenters. The second kappa shape index (κ2) is 5.91. The molecule has 2 aromatic heterocycles. The van der Waals surface area contributed by atoms with Gasteiger partial charge in [-0.3, -0.25) is 14.0 Å². The van der Waals surface area contributed by atoms with E-state index < -0.39 is 17.2 Å². The summed E-state index contributed by atoms with van der Waals surface area (Å²) >= 11 is 0. The quantitative estimate of drug-likeness (QED) is 0.548. The fraction of sp³-hybridized carbons (Fsp3) is 0.100. The average Bonchev–Trinajstić information content (AvgIpc) is 3.03. The zero-order valence-corrected chi connectivity index (χ0v) is 14.2. The molecule has 0 saturated carbocycles. The number of hydrogen-bond donors (Lipinski definition) is 0. The lowest BCUT2D eigenvalue weighted by Gasteiger charge is -2.14. The molecule has 0 saturated heterocycles. The van der Waals surface area contributed by atoms with Crippen LogP contribution in [0, 0.1) is 18.6 Å². The van der Waals surface area contributed by atoms with Gasteiger partial charge >= 0.3 is 0 Å². The van der Waals surface area contributed by atoms with Crippen LogP contribution >= 0.6 is 0 Å². The first kappa shape index (κ1) is 16.2. The van der Waals surface area contributed by atoms with E-state index in [2.05, 4.69) is 5.10 Å². The van der Waals surface area contributed by atoms with Crippen molar-refractivity contribution in [3.8, 4) is 16.8 Å². The van der Waals surface area contributed by atoms with Gasteiger partial charge in [-0.2, -0.15) is 5.10 Å². The number of benzene rings is 2. The summed E-state index contributed by atoms with van der Waals surface area (Å²) in [7, 11) is 1.78. The van der Waals surface area contributed by atoms with Gasteiger partial charge in [0.15, 0.2) is 0 Å². The molecule has 0 aliphatic heterocycles. The first-order valence-electron chi connectivity index (χ1n) is 8.06. The summed E-state index contributed by atoms with van der Waals surface area (Å²) < 4.78 is 31.3. The Labute approximate surface area is 147 Å². The van der Waals surface area contributed by atoms with Crippen molar-refractivity contribution in [3.05, 3.63) is 82.5 Å². The Balaban J connectivity index is 2.13. The average molecular weight is 351 g/mol. The van der Waals surface area contributed by atoms with Crippen LogP contribution in [0.3, 0.4) is 0 Å². The number of nitrogens with zero attached hydrogens (tertiary/aromatic N) is 3. The molecule has 2 aromatic carbocycles. The number of para-hydroxylation sites is 1. The van der Waals surface area contributed by atoms with Gasteiger partial charge < -0.3 is 0 Å². The highest BCUT2D eigenvalue weighted by Crippen LogP contribution is 2.28. The molecule has 2 heterocycles. The molecule has 130 valence electrons. The van der Waals surface area contributed by atoms with E-state index in [0.717, 1.165) is 22.3 Å². The van der Waals surface area contributed by atoms with Crippen LogP contribution in [0.15, 0.2) is 59.7 Å². The summed E-state index contributed by atoms with van der Waals surface area (Å²) in [5, 5.41) is 5.25. The smallest absolute Gasteiger partial charge is 0.263 e. The highest BCUT2D eigenvalue weighted by atomic mass is 19.1. The molecule has 6 heteroatoms. The Bertz CT molecular complexity index is 1190. The zero-order chi connectivity index (χ0) is 18.4. The topological polar surface area (TPSA) is 39.8 Å². The lowest BCUT2D eigenvalue weighted by Crippen LogP contribution is -2.23. The van der Waals surface area contributed by atoms with Gasteiger partial charge in [-0.25, -0.2) is 8.78 Å². The zero-order valence-electron chi connectivity index (χ0n) is 14.2. The fourth-order valence-electron chi connectivity index (χ4n) is 3.27. The molecule has 4 aromatic rings. The largest absolute Gasteiger partial charge is 0.275 e. The first-order valence-corrected chi connectivity index (χ1v) is 8.06. The van der Waals surface area contributed by atoms with Crippen LogP contribution in [0.4, 0.5) is 8.78 Å². The summed E-state index contributed by atoms with van der Waals surface area (Å²) in [5.74, 6) is -1.57. The molecule has 0 bridgehead atoms. The molecule has 0 aliphatic carbocycles. The summed E-state index contributed by atoms with van der Waals surface area (Å²) in [5.41, 5.74) is 1.06. The van der Waals surface area contributed by atoms with E-state index in [0.29, 0.717) is 22.0 Å². The Morgan fingerprint density at radius 2 is 1.73 bits per heavy atom. The van der Waals surface area contributed by atoms with Crippen LogP contribution in [0.25, 0.3) is 27.6 Å². The standard InChI is InChI=1S/C20H15F2N3O/c1-12-9-13-5-3-6-15(14-10-23-24(2)11-14)18(13)20(26)25(12)19-16(21)7-4-8-17(19)22/h3-11H,1-2H3. The highest BCUT2D eigenvalue weighted by Gasteiger charge is 2.18. The molecule has 4 nitrogen and oxygen atoms in total. The first-order chi connectivity index (χ1) is 12.5. The highest BCUT2D eigenvalue weighted by molar-refractivity contribution is 5.96. The van der Waals surface area contributed by atoms with Crippen LogP contribution in [0.1, 0.15) is 5.69 Å². The van der Waals surface area contributed by atoms with Crippen molar-refractivity contribution in [3.63, 3.8) is 0 Å². The Morgan fingerprint density at radius 3 is 2.38 bits per heavy atom. The van der Waals surface area contributed by atoms with E-state index in [-0.39, 0.29) is 5.69 Å². The predicted molar refractivity (Wildman–Crippen MR) is 96.4 cm³/mol. The van der Waals surface area contributed by atoms with Crippen molar-refractivity contribution in [1.29, 1.82) is 0 Å². The van der Waals surface area contributed by atoms with Crippen molar-refractivity contribution < 1.29 is 8.78 Å². The van der Waals surface area contributed by atoms with Gasteiger partial charge in [0.05, 0.1) is 11.6 Å². The third-order valence-corrected chi connectivity index (χ3v) is 4.41. The minimum atomic E-state index is -0.784. The maximum Gasteiger partial charge on any atom is 0.263 e. The Hall–Kier alpha value is -3.28. The Kier molecular flexibility index (Phi) is 3.68. The van der Waals surface area contributed by atoms with E-state index >= 15 is 0 Å². The predicted octanol–water partition coefficient (Wildman–Crippen LogP) is 3.98. The minimum absolute atomic E-state index is 0.363. The molecule has 4 rings (SSSR count). The minimum Gasteiger partial charge on any atom is -0.275 e. The summed E-state index contributed by atoms with van der Waals surface area (Å²) in [6.45, 7) is 1.66. The number of fused-ring (bicyclic) bond motifs is 1. The third-order valence-electron chi connectivity index (χ3n) is 4.41. The normalized spacial score (nSPS) is 11.2. The van der Waals surface area contributed by atoms with Gasteiger partial charge in [0, 0.05) is 24.5 Å². The molecule has 0 aliphatic rings. The number of aromatic nitrogens is 3. The van der Waals surface area contributed by atoms with Crippen molar-refractivity contribution >= 4 is 10.8 Å². The molecule has 0 amide bonds. The molecular formula is C20H15F2N3O. The second-order valence-corrected chi connectivity index (χ2v) is 6.17. The van der Waals surface area contributed by atoms with Crippen molar-refractivity contribution in [2.45, 2.75) is 6.92 Å². The van der Waals surface area contributed by atoms with Crippen molar-refractivity contribution in [1.82, 2.24) is 14.3 Å². The SMILES string of the molecule is Cc1cc2cccc(-c3cnn(C)c3)c2c(=O)n1-c1c(F)cccc1F. The summed E-state index contributed by atoms with van der Waals surface area (Å²) in [6.07, 6.45) is 3.45. The Morgan fingerprint density at radius 1 is 1.04 bits per heavy atom. The molecule has 0 spiro atoms. The fourth-order valence-corrected chi connectivity index (χ4v) is 3.27. The third kappa shape index (κ3) is 2.42. The monoisotopic (exact) mass is 351 g/mol. The molecular weight excluding hydrogens is 336 g/mol. The van der Waals surface area contributed by atoms with E-state index in [9.17, 15) is 13.6 Å². The molecule has 0 atom stereocenters. The number of hydrogen-bond acceptors (Lipinski definition) is 2. The van der Waals surface area contributed by atoms with Crippen molar-refractivity contribution in [2.24, 2.45) is 7.05 Å². The maximum absolute atomic E-state index is 14.3. The van der Waals surface area contributed by atoms with E-state index in [1.54, 1.807) is 43.2 Å². The van der Waals surface area contributed by atoms with Crippen LogP contribution in [0.5, 0.6) is 0 Å². The summed E-state index contributed by atoms with van der Waals surface area (Å²) in [4.78, 5) is 13.3. The summed E-state index contributed by atoms with van der Waals surface area (Å²) in [6, 6.07) is 10.8. The van der Waals surface area contributed by atoms with Gasteiger partial charge in [0.2, 0.25) is 0 Å². The lowest BCUT2D eigenvalue weighted by atomic mass is 10.0. The van der Waals surface area contributed by atoms with Crippen LogP contribution in [-0.4, -0.2) is 14.3 Å².